The van der Waals surface area contributed by atoms with Crippen molar-refractivity contribution < 1.29 is 4.79 Å². The molecule has 1 radical (unpaired) electrons. The summed E-state index contributed by atoms with van der Waals surface area (Å²) in [4.78, 5) is 15.4. The van der Waals surface area contributed by atoms with Crippen LogP contribution in [0.3, 0.4) is 0 Å². The van der Waals surface area contributed by atoms with Gasteiger partial charge in [-0.2, -0.15) is 15.8 Å². The van der Waals surface area contributed by atoms with Crippen LogP contribution in [0.4, 0.5) is 0 Å². The summed E-state index contributed by atoms with van der Waals surface area (Å²) in [6.45, 7) is 0. The minimum absolute atomic E-state index is 0.0227. The van der Waals surface area contributed by atoms with E-state index in [0.717, 1.165) is 18.8 Å². The third-order valence-corrected chi connectivity index (χ3v) is 3.84. The van der Waals surface area contributed by atoms with Gasteiger partial charge in [0.2, 0.25) is 5.17 Å². The van der Waals surface area contributed by atoms with Gasteiger partial charge in [0.05, 0.1) is 5.37 Å². The Labute approximate surface area is 86.9 Å². The minimum atomic E-state index is 0.0227. The SMILES string of the molecule is O=C(N=C1[N]NC(C2CC2)S1)C1CC1. The predicted molar refractivity (Wildman–Crippen MR) is 54.5 cm³/mol. The topological polar surface area (TPSA) is 55.6 Å². The third kappa shape index (κ3) is 1.79. The van der Waals surface area contributed by atoms with Gasteiger partial charge in [-0.3, -0.25) is 4.79 Å². The first-order valence-corrected chi connectivity index (χ1v) is 5.96. The molecular weight excluding hydrogens is 198 g/mol. The molecule has 0 aromatic rings. The number of amidine groups is 1. The second-order valence-corrected chi connectivity index (χ2v) is 5.23. The molecule has 0 spiro atoms. The highest BCUT2D eigenvalue weighted by Crippen LogP contribution is 2.39. The average molecular weight is 210 g/mol. The van der Waals surface area contributed by atoms with Crippen LogP contribution in [0.25, 0.3) is 0 Å². The van der Waals surface area contributed by atoms with Gasteiger partial charge in [0.25, 0.3) is 5.91 Å². The van der Waals surface area contributed by atoms with Crippen LogP contribution in [0, 0.1) is 11.8 Å². The molecule has 2 saturated carbocycles. The molecule has 1 saturated heterocycles. The van der Waals surface area contributed by atoms with Crippen LogP contribution >= 0.6 is 11.8 Å². The van der Waals surface area contributed by atoms with E-state index < -0.39 is 0 Å². The monoisotopic (exact) mass is 210 g/mol. The quantitative estimate of drug-likeness (QED) is 0.735. The molecular formula is C9H12N3OS. The maximum atomic E-state index is 11.4. The van der Waals surface area contributed by atoms with Gasteiger partial charge in [0, 0.05) is 5.92 Å². The number of carbonyl (C=O) groups is 1. The normalized spacial score (nSPS) is 34.6. The van der Waals surface area contributed by atoms with Gasteiger partial charge < -0.3 is 0 Å². The van der Waals surface area contributed by atoms with Crippen molar-refractivity contribution in [2.45, 2.75) is 31.1 Å². The van der Waals surface area contributed by atoms with E-state index in [9.17, 15) is 4.79 Å². The lowest BCUT2D eigenvalue weighted by atomic mass is 10.4. The van der Waals surface area contributed by atoms with Gasteiger partial charge in [-0.1, -0.05) is 11.8 Å². The Morgan fingerprint density at radius 1 is 1.43 bits per heavy atom. The molecule has 3 aliphatic rings. The van der Waals surface area contributed by atoms with Crippen LogP contribution in [0.15, 0.2) is 4.99 Å². The number of rotatable bonds is 2. The first kappa shape index (κ1) is 8.73. The molecule has 1 N–H and O–H groups in total. The van der Waals surface area contributed by atoms with E-state index in [2.05, 4.69) is 15.8 Å². The van der Waals surface area contributed by atoms with Crippen molar-refractivity contribution in [1.82, 2.24) is 10.9 Å². The molecule has 1 amide bonds. The van der Waals surface area contributed by atoms with Crippen molar-refractivity contribution >= 4 is 22.8 Å². The fourth-order valence-corrected chi connectivity index (χ4v) is 2.50. The van der Waals surface area contributed by atoms with Crippen LogP contribution in [0.1, 0.15) is 25.7 Å². The van der Waals surface area contributed by atoms with E-state index in [1.807, 2.05) is 0 Å². The summed E-state index contributed by atoms with van der Waals surface area (Å²) < 4.78 is 0. The standard InChI is InChI=1S/C9H12N3OS/c13-7(5-1-2-5)10-9-12-11-8(14-9)6-3-4-6/h5-6,8,11H,1-4H2. The maximum Gasteiger partial charge on any atom is 0.251 e. The number of thioether (sulfide) groups is 1. The molecule has 0 bridgehead atoms. The van der Waals surface area contributed by atoms with Gasteiger partial charge >= 0.3 is 0 Å². The highest BCUT2D eigenvalue weighted by Gasteiger charge is 2.38. The van der Waals surface area contributed by atoms with Gasteiger partial charge in [-0.15, -0.1) is 0 Å². The van der Waals surface area contributed by atoms with Crippen LogP contribution in [0.5, 0.6) is 0 Å². The molecule has 3 fully saturated rings. The number of nitrogens with zero attached hydrogens (tertiary/aromatic N) is 2. The van der Waals surface area contributed by atoms with Crippen LogP contribution in [-0.2, 0) is 4.79 Å². The number of nitrogens with one attached hydrogen (secondary N) is 1. The summed E-state index contributed by atoms with van der Waals surface area (Å²) in [5.74, 6) is 0.972. The molecule has 0 aromatic heterocycles. The molecule has 1 atom stereocenters. The van der Waals surface area contributed by atoms with Gasteiger partial charge in [0.15, 0.2) is 0 Å². The fourth-order valence-electron chi connectivity index (χ4n) is 1.45. The van der Waals surface area contributed by atoms with Crippen molar-refractivity contribution in [3.05, 3.63) is 0 Å². The first-order chi connectivity index (χ1) is 6.83. The lowest BCUT2D eigenvalue weighted by Crippen LogP contribution is -2.26. The lowest BCUT2D eigenvalue weighted by molar-refractivity contribution is -0.118. The number of aliphatic imine (C=N–C) groups is 1. The summed E-state index contributed by atoms with van der Waals surface area (Å²) >= 11 is 1.61. The molecule has 4 nitrogen and oxygen atoms in total. The molecule has 0 aromatic carbocycles. The van der Waals surface area contributed by atoms with E-state index in [-0.39, 0.29) is 11.8 Å². The zero-order valence-electron chi connectivity index (χ0n) is 7.77. The molecule has 5 heteroatoms. The van der Waals surface area contributed by atoms with Crippen LogP contribution < -0.4 is 10.9 Å². The predicted octanol–water partition coefficient (Wildman–Crippen LogP) is 0.871. The molecule has 1 unspecified atom stereocenters. The summed E-state index contributed by atoms with van der Waals surface area (Å²) in [6.07, 6.45) is 4.59. The summed E-state index contributed by atoms with van der Waals surface area (Å²) in [5.41, 5.74) is 7.11. The molecule has 14 heavy (non-hydrogen) atoms. The second kappa shape index (κ2) is 3.24. The average Bonchev–Trinajstić information content (AvgIpc) is 3.06. The van der Waals surface area contributed by atoms with Crippen LogP contribution in [0.2, 0.25) is 0 Å². The number of amides is 1. The van der Waals surface area contributed by atoms with Gasteiger partial charge in [-0.25, -0.2) is 0 Å². The van der Waals surface area contributed by atoms with Crippen molar-refractivity contribution in [1.29, 1.82) is 0 Å². The Balaban J connectivity index is 1.59. The Bertz CT molecular complexity index is 296. The van der Waals surface area contributed by atoms with Crippen LogP contribution in [-0.4, -0.2) is 16.4 Å². The van der Waals surface area contributed by atoms with E-state index in [0.29, 0.717) is 10.5 Å². The van der Waals surface area contributed by atoms with Crippen molar-refractivity contribution in [2.75, 3.05) is 0 Å². The molecule has 1 aliphatic heterocycles. The van der Waals surface area contributed by atoms with E-state index in [4.69, 9.17) is 0 Å². The number of hydrogen-bond acceptors (Lipinski definition) is 3. The molecule has 75 valence electrons. The Morgan fingerprint density at radius 2 is 2.21 bits per heavy atom. The van der Waals surface area contributed by atoms with Crippen molar-refractivity contribution in [2.24, 2.45) is 16.8 Å². The molecule has 2 aliphatic carbocycles. The zero-order chi connectivity index (χ0) is 9.54. The zero-order valence-corrected chi connectivity index (χ0v) is 8.59. The number of carbonyl (C=O) groups excluding carboxylic acids is 1. The Hall–Kier alpha value is -0.550. The maximum absolute atomic E-state index is 11.4. The summed E-state index contributed by atoms with van der Waals surface area (Å²) in [5, 5.41) is 1.01. The number of hydrogen-bond donors (Lipinski definition) is 1. The highest BCUT2D eigenvalue weighted by molar-refractivity contribution is 8.14. The highest BCUT2D eigenvalue weighted by atomic mass is 32.2. The van der Waals surface area contributed by atoms with Crippen molar-refractivity contribution in [3.63, 3.8) is 0 Å². The summed E-state index contributed by atoms with van der Waals surface area (Å²) in [7, 11) is 0. The molecule has 1 heterocycles. The Kier molecular flexibility index (Phi) is 2.02. The van der Waals surface area contributed by atoms with Gasteiger partial charge in [-0.05, 0) is 31.6 Å². The second-order valence-electron chi connectivity index (χ2n) is 4.12. The fraction of sp³-hybridized carbons (Fsp3) is 0.778. The van der Waals surface area contributed by atoms with E-state index >= 15 is 0 Å². The molecule has 3 rings (SSSR count). The lowest BCUT2D eigenvalue weighted by Gasteiger charge is -2.00. The first-order valence-electron chi connectivity index (χ1n) is 5.08. The Morgan fingerprint density at radius 3 is 2.86 bits per heavy atom. The van der Waals surface area contributed by atoms with E-state index in [1.165, 1.54) is 12.8 Å². The third-order valence-electron chi connectivity index (χ3n) is 2.70. The summed E-state index contributed by atoms with van der Waals surface area (Å²) in [6, 6.07) is 0. The van der Waals surface area contributed by atoms with E-state index in [1.54, 1.807) is 11.8 Å². The van der Waals surface area contributed by atoms with Crippen molar-refractivity contribution in [3.8, 4) is 0 Å². The minimum Gasteiger partial charge on any atom is -0.272 e. The largest absolute Gasteiger partial charge is 0.272 e. The van der Waals surface area contributed by atoms with Gasteiger partial charge in [0.1, 0.15) is 0 Å². The smallest absolute Gasteiger partial charge is 0.251 e.